The van der Waals surface area contributed by atoms with Gasteiger partial charge in [-0.1, -0.05) is 0 Å². The van der Waals surface area contributed by atoms with E-state index in [1.54, 1.807) is 0 Å². The molecule has 0 saturated carbocycles. The number of aromatic nitrogens is 1. The van der Waals surface area contributed by atoms with Gasteiger partial charge in [0.15, 0.2) is 0 Å². The standard InChI is InChI=1S/C11H18N2O2/c1-8-5-10(9(2)13(8)3)6-12-7-11(14)15-4/h5,12H,6-7H2,1-4H3. The topological polar surface area (TPSA) is 43.3 Å². The maximum absolute atomic E-state index is 10.9. The van der Waals surface area contributed by atoms with Crippen molar-refractivity contribution < 1.29 is 9.53 Å². The van der Waals surface area contributed by atoms with E-state index in [4.69, 9.17) is 0 Å². The summed E-state index contributed by atoms with van der Waals surface area (Å²) in [6.07, 6.45) is 0. The van der Waals surface area contributed by atoms with Gasteiger partial charge in [-0.05, 0) is 25.5 Å². The van der Waals surface area contributed by atoms with Gasteiger partial charge >= 0.3 is 5.97 Å². The number of nitrogens with zero attached hydrogens (tertiary/aromatic N) is 1. The largest absolute Gasteiger partial charge is 0.468 e. The molecule has 0 atom stereocenters. The summed E-state index contributed by atoms with van der Waals surface area (Å²) in [5, 5.41) is 3.05. The Kier molecular flexibility index (Phi) is 3.91. The Morgan fingerprint density at radius 3 is 2.67 bits per heavy atom. The third-order valence-electron chi connectivity index (χ3n) is 2.69. The molecule has 0 amide bonds. The van der Waals surface area contributed by atoms with Crippen LogP contribution in [0.3, 0.4) is 0 Å². The van der Waals surface area contributed by atoms with Crippen molar-refractivity contribution in [2.75, 3.05) is 13.7 Å². The molecule has 0 aliphatic rings. The summed E-state index contributed by atoms with van der Waals surface area (Å²) in [6, 6.07) is 2.12. The lowest BCUT2D eigenvalue weighted by Gasteiger charge is -2.04. The minimum atomic E-state index is -0.236. The molecule has 1 aromatic heterocycles. The Hall–Kier alpha value is -1.29. The van der Waals surface area contributed by atoms with Crippen LogP contribution in [0.4, 0.5) is 0 Å². The second-order valence-corrected chi connectivity index (χ2v) is 3.64. The molecule has 0 saturated heterocycles. The maximum atomic E-state index is 10.9. The van der Waals surface area contributed by atoms with Crippen LogP contribution in [0.15, 0.2) is 6.07 Å². The third-order valence-corrected chi connectivity index (χ3v) is 2.69. The number of hydrogen-bond donors (Lipinski definition) is 1. The van der Waals surface area contributed by atoms with E-state index in [9.17, 15) is 4.79 Å². The van der Waals surface area contributed by atoms with Gasteiger partial charge in [-0.3, -0.25) is 4.79 Å². The van der Waals surface area contributed by atoms with Crippen LogP contribution in [-0.2, 0) is 23.1 Å². The summed E-state index contributed by atoms with van der Waals surface area (Å²) < 4.78 is 6.67. The van der Waals surface area contributed by atoms with Gasteiger partial charge in [0, 0.05) is 25.0 Å². The van der Waals surface area contributed by atoms with Crippen molar-refractivity contribution in [2.24, 2.45) is 7.05 Å². The van der Waals surface area contributed by atoms with Gasteiger partial charge in [0.05, 0.1) is 13.7 Å². The molecule has 1 N–H and O–H groups in total. The summed E-state index contributed by atoms with van der Waals surface area (Å²) >= 11 is 0. The SMILES string of the molecule is COC(=O)CNCc1cc(C)n(C)c1C. The van der Waals surface area contributed by atoms with Crippen LogP contribution in [0.2, 0.25) is 0 Å². The van der Waals surface area contributed by atoms with Crippen LogP contribution < -0.4 is 5.32 Å². The second kappa shape index (κ2) is 4.98. The molecule has 0 unspecified atom stereocenters. The molecule has 0 fully saturated rings. The average molecular weight is 210 g/mol. The zero-order chi connectivity index (χ0) is 11.4. The molecular weight excluding hydrogens is 192 g/mol. The minimum absolute atomic E-state index is 0.236. The average Bonchev–Trinajstić information content (AvgIpc) is 2.46. The van der Waals surface area contributed by atoms with Crippen molar-refractivity contribution in [3.63, 3.8) is 0 Å². The van der Waals surface area contributed by atoms with E-state index < -0.39 is 0 Å². The Bertz CT molecular complexity index is 356. The monoisotopic (exact) mass is 210 g/mol. The number of esters is 1. The van der Waals surface area contributed by atoms with E-state index in [2.05, 4.69) is 34.5 Å². The van der Waals surface area contributed by atoms with Crippen LogP contribution in [0, 0.1) is 13.8 Å². The molecule has 4 heteroatoms. The molecule has 4 nitrogen and oxygen atoms in total. The summed E-state index contributed by atoms with van der Waals surface area (Å²) in [7, 11) is 3.43. The Balaban J connectivity index is 2.51. The lowest BCUT2D eigenvalue weighted by molar-refractivity contribution is -0.139. The first kappa shape index (κ1) is 11.8. The van der Waals surface area contributed by atoms with Gasteiger partial charge in [0.1, 0.15) is 0 Å². The number of rotatable bonds is 4. The zero-order valence-electron chi connectivity index (χ0n) is 9.76. The van der Waals surface area contributed by atoms with Gasteiger partial charge < -0.3 is 14.6 Å². The molecule has 0 spiro atoms. The highest BCUT2D eigenvalue weighted by Gasteiger charge is 2.06. The molecule has 0 aliphatic carbocycles. The van der Waals surface area contributed by atoms with E-state index in [0.29, 0.717) is 6.54 Å². The van der Waals surface area contributed by atoms with Gasteiger partial charge in [-0.15, -0.1) is 0 Å². The zero-order valence-corrected chi connectivity index (χ0v) is 9.76. The van der Waals surface area contributed by atoms with Crippen molar-refractivity contribution in [3.8, 4) is 0 Å². The second-order valence-electron chi connectivity index (χ2n) is 3.64. The predicted octanol–water partition coefficient (Wildman–Crippen LogP) is 0.905. The minimum Gasteiger partial charge on any atom is -0.468 e. The fraction of sp³-hybridized carbons (Fsp3) is 0.545. The van der Waals surface area contributed by atoms with Gasteiger partial charge in [0.2, 0.25) is 0 Å². The molecule has 0 bridgehead atoms. The van der Waals surface area contributed by atoms with E-state index in [0.717, 1.165) is 0 Å². The highest BCUT2D eigenvalue weighted by Crippen LogP contribution is 2.12. The maximum Gasteiger partial charge on any atom is 0.319 e. The summed E-state index contributed by atoms with van der Waals surface area (Å²) in [6.45, 7) is 5.09. The Labute approximate surface area is 90.2 Å². The van der Waals surface area contributed by atoms with Gasteiger partial charge in [-0.2, -0.15) is 0 Å². The number of aryl methyl sites for hydroxylation is 1. The number of methoxy groups -OCH3 is 1. The van der Waals surface area contributed by atoms with Crippen molar-refractivity contribution in [1.29, 1.82) is 0 Å². The molecule has 1 aromatic rings. The Morgan fingerprint density at radius 2 is 2.20 bits per heavy atom. The van der Waals surface area contributed by atoms with E-state index in [1.807, 2.05) is 7.05 Å². The Morgan fingerprint density at radius 1 is 1.53 bits per heavy atom. The molecular formula is C11H18N2O2. The molecule has 0 aromatic carbocycles. The lowest BCUT2D eigenvalue weighted by Crippen LogP contribution is -2.23. The summed E-state index contributed by atoms with van der Waals surface area (Å²) in [4.78, 5) is 10.9. The third kappa shape index (κ3) is 2.83. The molecule has 0 aliphatic heterocycles. The van der Waals surface area contributed by atoms with Crippen LogP contribution in [-0.4, -0.2) is 24.2 Å². The summed E-state index contributed by atoms with van der Waals surface area (Å²) in [5.41, 5.74) is 3.67. The molecule has 84 valence electrons. The van der Waals surface area contributed by atoms with Crippen molar-refractivity contribution in [1.82, 2.24) is 9.88 Å². The van der Waals surface area contributed by atoms with Crippen LogP contribution in [0.25, 0.3) is 0 Å². The summed E-state index contributed by atoms with van der Waals surface area (Å²) in [5.74, 6) is -0.236. The van der Waals surface area contributed by atoms with E-state index in [1.165, 1.54) is 24.1 Å². The normalized spacial score (nSPS) is 10.4. The number of ether oxygens (including phenoxy) is 1. The van der Waals surface area contributed by atoms with Crippen molar-refractivity contribution in [3.05, 3.63) is 23.0 Å². The van der Waals surface area contributed by atoms with Gasteiger partial charge in [0.25, 0.3) is 0 Å². The number of hydrogen-bond acceptors (Lipinski definition) is 3. The number of carbonyl (C=O) groups excluding carboxylic acids is 1. The molecule has 15 heavy (non-hydrogen) atoms. The fourth-order valence-electron chi connectivity index (χ4n) is 1.48. The lowest BCUT2D eigenvalue weighted by atomic mass is 10.2. The van der Waals surface area contributed by atoms with Gasteiger partial charge in [-0.25, -0.2) is 0 Å². The van der Waals surface area contributed by atoms with E-state index >= 15 is 0 Å². The molecule has 1 heterocycles. The van der Waals surface area contributed by atoms with Crippen LogP contribution in [0.5, 0.6) is 0 Å². The quantitative estimate of drug-likeness (QED) is 0.751. The number of nitrogens with one attached hydrogen (secondary N) is 1. The first-order chi connectivity index (χ1) is 7.06. The predicted molar refractivity (Wildman–Crippen MR) is 58.6 cm³/mol. The van der Waals surface area contributed by atoms with Crippen molar-refractivity contribution >= 4 is 5.97 Å². The smallest absolute Gasteiger partial charge is 0.319 e. The highest BCUT2D eigenvalue weighted by molar-refractivity contribution is 5.71. The van der Waals surface area contributed by atoms with Crippen molar-refractivity contribution in [2.45, 2.75) is 20.4 Å². The fourth-order valence-corrected chi connectivity index (χ4v) is 1.48. The highest BCUT2D eigenvalue weighted by atomic mass is 16.5. The first-order valence-electron chi connectivity index (χ1n) is 4.95. The molecule has 1 rings (SSSR count). The van der Waals surface area contributed by atoms with Crippen LogP contribution in [0.1, 0.15) is 17.0 Å². The first-order valence-corrected chi connectivity index (χ1v) is 4.95. The number of carbonyl (C=O) groups is 1. The van der Waals surface area contributed by atoms with Crippen LogP contribution >= 0.6 is 0 Å². The van der Waals surface area contributed by atoms with E-state index in [-0.39, 0.29) is 12.5 Å². The molecule has 0 radical (unpaired) electrons.